The average Bonchev–Trinajstić information content (AvgIpc) is 3.40. The van der Waals surface area contributed by atoms with Gasteiger partial charge >= 0.3 is 0 Å². The molecule has 1 aliphatic carbocycles. The molecule has 3 fully saturated rings. The molecule has 4 aromatic rings. The Morgan fingerprint density at radius 2 is 1.78 bits per heavy atom. The predicted octanol–water partition coefficient (Wildman–Crippen LogP) is 2.81. The van der Waals surface area contributed by atoms with Crippen LogP contribution in [0.3, 0.4) is 0 Å². The summed E-state index contributed by atoms with van der Waals surface area (Å²) in [7, 11) is 0. The average molecular weight is 516 g/mol. The summed E-state index contributed by atoms with van der Waals surface area (Å²) in [6.07, 6.45) is 3.19. The van der Waals surface area contributed by atoms with Gasteiger partial charge < -0.3 is 19.9 Å². The topological polar surface area (TPSA) is 128 Å². The number of ether oxygens (including phenoxy) is 2. The lowest BCUT2D eigenvalue weighted by Crippen LogP contribution is -2.81. The Morgan fingerprint density at radius 1 is 1.05 bits per heavy atom. The van der Waals surface area contributed by atoms with E-state index >= 15 is 0 Å². The largest absolute Gasteiger partial charge is 0.368 e. The summed E-state index contributed by atoms with van der Waals surface area (Å²) in [5, 5.41) is 13.8. The standard InChI is InChI=1S/C26H21N5O5S/c32-21(16-7-3-1-4-8-16)30-19-18-20(28-14-27-19)31(15-29-18)25-12-35-24(11-26(34,36-25)23(24)25)13-37-22(33)17-9-5-2-6-10-17/h1-10,14-15,23,34H,11-13H2,(H,27,28,30,32)/t23?,24-,25?,26?/m1/s1. The number of rotatable bonds is 6. The monoisotopic (exact) mass is 515 g/mol. The molecule has 186 valence electrons. The maximum Gasteiger partial charge on any atom is 0.256 e. The molecule has 1 amide bonds. The molecule has 3 aliphatic rings. The fourth-order valence-electron chi connectivity index (χ4n) is 5.82. The fourth-order valence-corrected chi connectivity index (χ4v) is 6.85. The molecule has 2 aliphatic heterocycles. The number of anilines is 1. The number of aliphatic hydroxyl groups is 1. The Bertz CT molecular complexity index is 1550. The van der Waals surface area contributed by atoms with Gasteiger partial charge in [-0.1, -0.05) is 60.3 Å². The smallest absolute Gasteiger partial charge is 0.256 e. The van der Waals surface area contributed by atoms with E-state index in [1.165, 1.54) is 18.1 Å². The number of nitrogens with one attached hydrogen (secondary N) is 1. The number of benzene rings is 2. The van der Waals surface area contributed by atoms with Crippen molar-refractivity contribution in [3.63, 3.8) is 0 Å². The summed E-state index contributed by atoms with van der Waals surface area (Å²) in [5.41, 5.74) is 0.217. The molecule has 1 saturated carbocycles. The zero-order valence-electron chi connectivity index (χ0n) is 19.4. The van der Waals surface area contributed by atoms with Crippen LogP contribution in [0, 0.1) is 5.92 Å². The van der Waals surface area contributed by atoms with Gasteiger partial charge in [0.05, 0.1) is 24.5 Å². The van der Waals surface area contributed by atoms with Gasteiger partial charge in [-0.3, -0.25) is 14.2 Å². The van der Waals surface area contributed by atoms with E-state index in [2.05, 4.69) is 20.3 Å². The predicted molar refractivity (Wildman–Crippen MR) is 134 cm³/mol. The van der Waals surface area contributed by atoms with Gasteiger partial charge in [0.1, 0.15) is 6.33 Å². The molecule has 4 heterocycles. The number of fused-ring (bicyclic) bond motifs is 1. The summed E-state index contributed by atoms with van der Waals surface area (Å²) in [5.74, 6) is -1.39. The van der Waals surface area contributed by atoms with E-state index in [1.807, 2.05) is 24.3 Å². The molecule has 4 atom stereocenters. The third-order valence-electron chi connectivity index (χ3n) is 7.37. The van der Waals surface area contributed by atoms with Gasteiger partial charge in [0.2, 0.25) is 5.12 Å². The van der Waals surface area contributed by atoms with E-state index in [0.29, 0.717) is 28.0 Å². The zero-order chi connectivity index (χ0) is 25.3. The molecule has 2 aromatic carbocycles. The number of hydrogen-bond donors (Lipinski definition) is 2. The normalized spacial score (nSPS) is 29.3. The first kappa shape index (κ1) is 22.5. The maximum atomic E-state index is 12.7. The van der Waals surface area contributed by atoms with Crippen LogP contribution in [0.5, 0.6) is 0 Å². The first-order chi connectivity index (χ1) is 17.9. The van der Waals surface area contributed by atoms with Crippen LogP contribution in [0.15, 0.2) is 73.3 Å². The molecule has 7 rings (SSSR count). The van der Waals surface area contributed by atoms with Crippen molar-refractivity contribution in [2.45, 2.75) is 23.5 Å². The van der Waals surface area contributed by atoms with Crippen LogP contribution in [0.2, 0.25) is 0 Å². The minimum atomic E-state index is -1.33. The lowest BCUT2D eigenvalue weighted by molar-refractivity contribution is -0.486. The van der Waals surface area contributed by atoms with Crippen LogP contribution in [-0.2, 0) is 15.2 Å². The molecule has 0 bridgehead atoms. The quantitative estimate of drug-likeness (QED) is 0.398. The molecule has 10 nitrogen and oxygen atoms in total. The van der Waals surface area contributed by atoms with Crippen molar-refractivity contribution >= 4 is 39.8 Å². The summed E-state index contributed by atoms with van der Waals surface area (Å²) >= 11 is 1.18. The molecule has 0 spiro atoms. The van der Waals surface area contributed by atoms with Crippen molar-refractivity contribution in [3.05, 3.63) is 84.4 Å². The van der Waals surface area contributed by atoms with Crippen LogP contribution in [0.1, 0.15) is 27.1 Å². The highest BCUT2D eigenvalue weighted by atomic mass is 32.2. The van der Waals surface area contributed by atoms with Crippen LogP contribution < -0.4 is 5.32 Å². The SMILES string of the molecule is O=C(Nc1ncnc2c1ncn2C12CO[C@@]3(CSC(=O)c4ccccc4)CC(O)(O1)C23)c1ccccc1. The number of imidazole rings is 1. The van der Waals surface area contributed by atoms with Crippen LogP contribution >= 0.6 is 11.8 Å². The highest BCUT2D eigenvalue weighted by Gasteiger charge is 2.86. The summed E-state index contributed by atoms with van der Waals surface area (Å²) in [4.78, 5) is 38.5. The van der Waals surface area contributed by atoms with Crippen molar-refractivity contribution in [1.29, 1.82) is 0 Å². The molecule has 2 N–H and O–H groups in total. The second-order valence-electron chi connectivity index (χ2n) is 9.53. The molecule has 3 unspecified atom stereocenters. The van der Waals surface area contributed by atoms with Gasteiger partial charge in [0, 0.05) is 23.3 Å². The van der Waals surface area contributed by atoms with Crippen molar-refractivity contribution in [2.75, 3.05) is 17.7 Å². The van der Waals surface area contributed by atoms with Crippen LogP contribution in [-0.4, -0.2) is 59.4 Å². The summed E-state index contributed by atoms with van der Waals surface area (Å²) in [6, 6.07) is 17.9. The first-order valence-electron chi connectivity index (χ1n) is 11.8. The van der Waals surface area contributed by atoms with E-state index in [0.717, 1.165) is 0 Å². The molecule has 11 heteroatoms. The number of hydrogen-bond acceptors (Lipinski definition) is 9. The van der Waals surface area contributed by atoms with E-state index in [1.54, 1.807) is 47.3 Å². The fraction of sp³-hybridized carbons (Fsp3) is 0.269. The van der Waals surface area contributed by atoms with Gasteiger partial charge in [-0.25, -0.2) is 15.0 Å². The number of aromatic nitrogens is 4. The molecule has 37 heavy (non-hydrogen) atoms. The van der Waals surface area contributed by atoms with E-state index < -0.39 is 23.0 Å². The summed E-state index contributed by atoms with van der Waals surface area (Å²) in [6.45, 7) is 0.168. The lowest BCUT2D eigenvalue weighted by atomic mass is 9.57. The van der Waals surface area contributed by atoms with Crippen LogP contribution in [0.4, 0.5) is 5.82 Å². The van der Waals surface area contributed by atoms with Gasteiger partial charge in [-0.2, -0.15) is 0 Å². The van der Waals surface area contributed by atoms with Crippen molar-refractivity contribution < 1.29 is 24.2 Å². The van der Waals surface area contributed by atoms with Gasteiger partial charge in [-0.15, -0.1) is 0 Å². The van der Waals surface area contributed by atoms with E-state index in [9.17, 15) is 14.7 Å². The number of carbonyl (C=O) groups is 2. The molecule has 2 aromatic heterocycles. The first-order valence-corrected chi connectivity index (χ1v) is 12.8. The number of nitrogens with zero attached hydrogens (tertiary/aromatic N) is 4. The summed E-state index contributed by atoms with van der Waals surface area (Å²) < 4.78 is 14.1. The third-order valence-corrected chi connectivity index (χ3v) is 8.50. The van der Waals surface area contributed by atoms with E-state index in [-0.39, 0.29) is 29.9 Å². The van der Waals surface area contributed by atoms with E-state index in [4.69, 9.17) is 9.47 Å². The minimum absolute atomic E-state index is 0.0497. The van der Waals surface area contributed by atoms with Crippen molar-refractivity contribution in [3.8, 4) is 0 Å². The van der Waals surface area contributed by atoms with Gasteiger partial charge in [0.15, 0.2) is 28.5 Å². The highest BCUT2D eigenvalue weighted by molar-refractivity contribution is 8.14. The Balaban J connectivity index is 1.16. The number of amides is 1. The lowest BCUT2D eigenvalue weighted by Gasteiger charge is -2.67. The van der Waals surface area contributed by atoms with Gasteiger partial charge in [0.25, 0.3) is 5.91 Å². The van der Waals surface area contributed by atoms with Gasteiger partial charge in [-0.05, 0) is 12.1 Å². The minimum Gasteiger partial charge on any atom is -0.368 e. The Labute approximate surface area is 215 Å². The molecule has 2 saturated heterocycles. The second kappa shape index (κ2) is 7.93. The number of carbonyl (C=O) groups excluding carboxylic acids is 2. The van der Waals surface area contributed by atoms with Crippen molar-refractivity contribution in [1.82, 2.24) is 19.5 Å². The number of thioether (sulfide) groups is 1. The van der Waals surface area contributed by atoms with Crippen LogP contribution in [0.25, 0.3) is 11.2 Å². The highest BCUT2D eigenvalue weighted by Crippen LogP contribution is 2.71. The second-order valence-corrected chi connectivity index (χ2v) is 10.5. The molecule has 0 radical (unpaired) electrons. The van der Waals surface area contributed by atoms with Crippen molar-refractivity contribution in [2.24, 2.45) is 5.92 Å². The third kappa shape index (κ3) is 3.21. The Morgan fingerprint density at radius 3 is 2.51 bits per heavy atom. The zero-order valence-corrected chi connectivity index (χ0v) is 20.2. The molecular formula is C26H21N5O5S. The Kier molecular flexibility index (Phi) is 4.83. The molecular weight excluding hydrogens is 494 g/mol. The Hall–Kier alpha value is -3.64. The maximum absolute atomic E-state index is 12.7.